The molecule has 0 saturated carbocycles. The van der Waals surface area contributed by atoms with Crippen LogP contribution in [0.1, 0.15) is 21.5 Å². The zero-order valence-electron chi connectivity index (χ0n) is 13.6. The summed E-state index contributed by atoms with van der Waals surface area (Å²) in [6.45, 7) is 3.92. The van der Waals surface area contributed by atoms with Crippen molar-refractivity contribution in [3.8, 4) is 11.5 Å². The number of carboxylic acids is 1. The van der Waals surface area contributed by atoms with Crippen LogP contribution in [0.25, 0.3) is 33.3 Å². The molecule has 2 aromatic carbocycles. The molecular formula is C20H14ClNO3. The second-order valence-corrected chi connectivity index (χ2v) is 6.49. The van der Waals surface area contributed by atoms with E-state index in [4.69, 9.17) is 16.0 Å². The second-order valence-electron chi connectivity index (χ2n) is 6.06. The fourth-order valence-electron chi connectivity index (χ4n) is 2.97. The third kappa shape index (κ3) is 2.55. The lowest BCUT2D eigenvalue weighted by molar-refractivity contribution is 0.0699. The van der Waals surface area contributed by atoms with Gasteiger partial charge in [0, 0.05) is 15.8 Å². The van der Waals surface area contributed by atoms with Crippen molar-refractivity contribution in [2.45, 2.75) is 13.8 Å². The molecule has 0 atom stereocenters. The van der Waals surface area contributed by atoms with E-state index in [1.54, 1.807) is 30.3 Å². The summed E-state index contributed by atoms with van der Waals surface area (Å²) in [4.78, 5) is 16.4. The minimum atomic E-state index is -0.990. The molecule has 1 N–H and O–H groups in total. The lowest BCUT2D eigenvalue weighted by Crippen LogP contribution is -2.01. The van der Waals surface area contributed by atoms with Crippen molar-refractivity contribution >= 4 is 39.4 Å². The van der Waals surface area contributed by atoms with Crippen molar-refractivity contribution in [2.75, 3.05) is 0 Å². The molecule has 2 heterocycles. The standard InChI is InChI=1S/C20H14ClNO3/c1-10-3-5-14-15(20(23)24)9-16(22-19(14)11(10)2)18-8-12-7-13(21)4-6-17(12)25-18/h3-9H,1-2H3,(H,23,24). The number of nitrogens with zero attached hydrogens (tertiary/aromatic N) is 1. The van der Waals surface area contributed by atoms with E-state index >= 15 is 0 Å². The number of carbonyl (C=O) groups is 1. The maximum absolute atomic E-state index is 11.7. The first kappa shape index (κ1) is 15.7. The Kier molecular flexibility index (Phi) is 3.51. The summed E-state index contributed by atoms with van der Waals surface area (Å²) < 4.78 is 5.85. The first-order chi connectivity index (χ1) is 11.9. The first-order valence-corrected chi connectivity index (χ1v) is 8.15. The predicted octanol–water partition coefficient (Wildman–Crippen LogP) is 5.62. The van der Waals surface area contributed by atoms with E-state index in [9.17, 15) is 9.90 Å². The number of fused-ring (bicyclic) bond motifs is 2. The average Bonchev–Trinajstić information content (AvgIpc) is 3.00. The van der Waals surface area contributed by atoms with E-state index in [-0.39, 0.29) is 5.56 Å². The van der Waals surface area contributed by atoms with Gasteiger partial charge in [-0.1, -0.05) is 23.7 Å². The summed E-state index contributed by atoms with van der Waals surface area (Å²) in [6, 6.07) is 12.4. The summed E-state index contributed by atoms with van der Waals surface area (Å²) in [5, 5.41) is 11.7. The smallest absolute Gasteiger partial charge is 0.336 e. The van der Waals surface area contributed by atoms with Crippen LogP contribution in [0.15, 0.2) is 46.9 Å². The van der Waals surface area contributed by atoms with E-state index in [1.807, 2.05) is 26.0 Å². The fourth-order valence-corrected chi connectivity index (χ4v) is 3.15. The number of rotatable bonds is 2. The van der Waals surface area contributed by atoms with Crippen LogP contribution in [0.2, 0.25) is 5.02 Å². The van der Waals surface area contributed by atoms with Crippen molar-refractivity contribution in [1.82, 2.24) is 4.98 Å². The molecule has 25 heavy (non-hydrogen) atoms. The Labute approximate surface area is 148 Å². The number of hydrogen-bond donors (Lipinski definition) is 1. The molecular weight excluding hydrogens is 338 g/mol. The van der Waals surface area contributed by atoms with E-state index in [0.29, 0.717) is 33.0 Å². The SMILES string of the molecule is Cc1ccc2c(C(=O)O)cc(-c3cc4cc(Cl)ccc4o3)nc2c1C. The van der Waals surface area contributed by atoms with Crippen molar-refractivity contribution < 1.29 is 14.3 Å². The average molecular weight is 352 g/mol. The summed E-state index contributed by atoms with van der Waals surface area (Å²) in [5.41, 5.74) is 4.07. The van der Waals surface area contributed by atoms with Gasteiger partial charge in [0.05, 0.1) is 11.1 Å². The molecule has 124 valence electrons. The summed E-state index contributed by atoms with van der Waals surface area (Å²) >= 11 is 6.02. The lowest BCUT2D eigenvalue weighted by Gasteiger charge is -2.09. The molecule has 0 spiro atoms. The number of aromatic carboxylic acids is 1. The molecule has 0 bridgehead atoms. The Hall–Kier alpha value is -2.85. The molecule has 0 saturated heterocycles. The van der Waals surface area contributed by atoms with Crippen LogP contribution >= 0.6 is 11.6 Å². The van der Waals surface area contributed by atoms with Crippen LogP contribution in [-0.4, -0.2) is 16.1 Å². The highest BCUT2D eigenvalue weighted by atomic mass is 35.5. The molecule has 4 nitrogen and oxygen atoms in total. The Morgan fingerprint density at radius 1 is 1.12 bits per heavy atom. The normalized spacial score (nSPS) is 11.3. The predicted molar refractivity (Wildman–Crippen MR) is 98.4 cm³/mol. The van der Waals surface area contributed by atoms with Crippen LogP contribution in [0, 0.1) is 13.8 Å². The Balaban J connectivity index is 2.03. The molecule has 0 radical (unpaired) electrons. The largest absolute Gasteiger partial charge is 0.478 e. The zero-order valence-corrected chi connectivity index (χ0v) is 14.4. The third-order valence-electron chi connectivity index (χ3n) is 4.47. The van der Waals surface area contributed by atoms with Gasteiger partial charge in [-0.2, -0.15) is 0 Å². The Bertz CT molecular complexity index is 1160. The van der Waals surface area contributed by atoms with Crippen molar-refractivity contribution in [2.24, 2.45) is 0 Å². The number of benzene rings is 2. The number of carboxylic acid groups (broad SMARTS) is 1. The number of pyridine rings is 1. The van der Waals surface area contributed by atoms with Gasteiger partial charge < -0.3 is 9.52 Å². The van der Waals surface area contributed by atoms with Gasteiger partial charge in [0.2, 0.25) is 0 Å². The fraction of sp³-hybridized carbons (Fsp3) is 0.100. The highest BCUT2D eigenvalue weighted by Crippen LogP contribution is 2.32. The summed E-state index contributed by atoms with van der Waals surface area (Å²) in [5.74, 6) is -0.473. The van der Waals surface area contributed by atoms with Gasteiger partial charge in [-0.25, -0.2) is 9.78 Å². The van der Waals surface area contributed by atoms with Crippen molar-refractivity contribution in [3.63, 3.8) is 0 Å². The number of aryl methyl sites for hydroxylation is 2. The van der Waals surface area contributed by atoms with Crippen LogP contribution in [0.5, 0.6) is 0 Å². The molecule has 0 aliphatic rings. The third-order valence-corrected chi connectivity index (χ3v) is 4.70. The van der Waals surface area contributed by atoms with Crippen LogP contribution < -0.4 is 0 Å². The Morgan fingerprint density at radius 2 is 1.92 bits per heavy atom. The van der Waals surface area contributed by atoms with Gasteiger partial charge in [0.25, 0.3) is 0 Å². The van der Waals surface area contributed by atoms with Gasteiger partial charge >= 0.3 is 5.97 Å². The Morgan fingerprint density at radius 3 is 2.68 bits per heavy atom. The van der Waals surface area contributed by atoms with Gasteiger partial charge in [-0.3, -0.25) is 0 Å². The molecule has 4 rings (SSSR count). The number of aromatic nitrogens is 1. The minimum Gasteiger partial charge on any atom is -0.478 e. The molecule has 0 fully saturated rings. The number of halogens is 1. The molecule has 5 heteroatoms. The maximum atomic E-state index is 11.7. The maximum Gasteiger partial charge on any atom is 0.336 e. The molecule has 4 aromatic rings. The van der Waals surface area contributed by atoms with Crippen molar-refractivity contribution in [1.29, 1.82) is 0 Å². The van der Waals surface area contributed by atoms with Crippen LogP contribution in [0.3, 0.4) is 0 Å². The first-order valence-electron chi connectivity index (χ1n) is 7.78. The highest BCUT2D eigenvalue weighted by Gasteiger charge is 2.17. The summed E-state index contributed by atoms with van der Waals surface area (Å²) in [6.07, 6.45) is 0. The highest BCUT2D eigenvalue weighted by molar-refractivity contribution is 6.31. The molecule has 2 aromatic heterocycles. The van der Waals surface area contributed by atoms with Gasteiger partial charge in [0.1, 0.15) is 11.3 Å². The summed E-state index contributed by atoms with van der Waals surface area (Å²) in [7, 11) is 0. The van der Waals surface area contributed by atoms with Crippen LogP contribution in [-0.2, 0) is 0 Å². The van der Waals surface area contributed by atoms with Gasteiger partial charge in [0.15, 0.2) is 5.76 Å². The molecule has 0 aliphatic heterocycles. The lowest BCUT2D eigenvalue weighted by atomic mass is 10.0. The zero-order chi connectivity index (χ0) is 17.7. The van der Waals surface area contributed by atoms with E-state index in [2.05, 4.69) is 4.98 Å². The minimum absolute atomic E-state index is 0.210. The van der Waals surface area contributed by atoms with Gasteiger partial charge in [-0.15, -0.1) is 0 Å². The van der Waals surface area contributed by atoms with E-state index in [0.717, 1.165) is 16.5 Å². The number of hydrogen-bond acceptors (Lipinski definition) is 3. The van der Waals surface area contributed by atoms with Gasteiger partial charge in [-0.05, 0) is 55.3 Å². The quantitative estimate of drug-likeness (QED) is 0.509. The molecule has 0 aliphatic carbocycles. The van der Waals surface area contributed by atoms with E-state index in [1.165, 1.54) is 0 Å². The topological polar surface area (TPSA) is 63.3 Å². The van der Waals surface area contributed by atoms with E-state index < -0.39 is 5.97 Å². The monoisotopic (exact) mass is 351 g/mol. The second kappa shape index (κ2) is 5.60. The number of furan rings is 1. The molecule has 0 amide bonds. The molecule has 0 unspecified atom stereocenters. The van der Waals surface area contributed by atoms with Crippen LogP contribution in [0.4, 0.5) is 0 Å². The van der Waals surface area contributed by atoms with Crippen molar-refractivity contribution in [3.05, 3.63) is 64.2 Å².